The zero-order valence-corrected chi connectivity index (χ0v) is 12.0. The molecule has 0 amide bonds. The van der Waals surface area contributed by atoms with Crippen LogP contribution >= 0.6 is 0 Å². The Morgan fingerprint density at radius 1 is 1.14 bits per heavy atom. The van der Waals surface area contributed by atoms with E-state index in [1.54, 1.807) is 18.2 Å². The van der Waals surface area contributed by atoms with E-state index in [0.29, 0.717) is 25.1 Å². The molecule has 0 radical (unpaired) electrons. The van der Waals surface area contributed by atoms with E-state index in [1.165, 1.54) is 18.2 Å². The van der Waals surface area contributed by atoms with E-state index in [9.17, 15) is 8.78 Å². The molecule has 114 valence electrons. The molecular formula is C17H17F2N2O+. The maximum Gasteiger partial charge on any atom is 0.181 e. The summed E-state index contributed by atoms with van der Waals surface area (Å²) < 4.78 is 26.7. The minimum absolute atomic E-state index is 0.0648. The number of hydrogen-bond acceptors (Lipinski definition) is 2. The van der Waals surface area contributed by atoms with E-state index < -0.39 is 0 Å². The molecule has 3 nitrogen and oxygen atoms in total. The van der Waals surface area contributed by atoms with Crippen LogP contribution in [0.25, 0.3) is 0 Å². The van der Waals surface area contributed by atoms with Crippen molar-refractivity contribution in [1.82, 2.24) is 0 Å². The van der Waals surface area contributed by atoms with E-state index in [0.717, 1.165) is 11.3 Å². The van der Waals surface area contributed by atoms with E-state index in [4.69, 9.17) is 4.84 Å². The Morgan fingerprint density at radius 3 is 2.82 bits per heavy atom. The highest BCUT2D eigenvalue weighted by Crippen LogP contribution is 2.16. The number of oxime groups is 1. The molecule has 1 aliphatic rings. The van der Waals surface area contributed by atoms with Crippen LogP contribution in [0.2, 0.25) is 0 Å². The van der Waals surface area contributed by atoms with Gasteiger partial charge in [0.1, 0.15) is 24.7 Å². The number of rotatable bonds is 5. The van der Waals surface area contributed by atoms with Gasteiger partial charge in [0.25, 0.3) is 0 Å². The minimum Gasteiger partial charge on any atom is -0.386 e. The number of nitrogens with zero attached hydrogens (tertiary/aromatic N) is 1. The van der Waals surface area contributed by atoms with Gasteiger partial charge in [-0.1, -0.05) is 35.5 Å². The van der Waals surface area contributed by atoms with Crippen LogP contribution in [0.15, 0.2) is 53.7 Å². The van der Waals surface area contributed by atoms with Gasteiger partial charge in [0.15, 0.2) is 6.10 Å². The normalized spacial score (nSPS) is 17.2. The Labute approximate surface area is 127 Å². The molecule has 0 bridgehead atoms. The molecule has 1 heterocycles. The Kier molecular flexibility index (Phi) is 4.44. The molecular weight excluding hydrogens is 286 g/mol. The van der Waals surface area contributed by atoms with Crippen molar-refractivity contribution in [3.8, 4) is 0 Å². The number of quaternary nitrogens is 1. The molecule has 0 spiro atoms. The van der Waals surface area contributed by atoms with Gasteiger partial charge in [-0.15, -0.1) is 0 Å². The fraction of sp³-hybridized carbons (Fsp3) is 0.235. The zero-order chi connectivity index (χ0) is 15.4. The summed E-state index contributed by atoms with van der Waals surface area (Å²) in [7, 11) is 0. The average Bonchev–Trinajstić information content (AvgIpc) is 2.98. The van der Waals surface area contributed by atoms with Gasteiger partial charge in [-0.2, -0.15) is 0 Å². The highest BCUT2D eigenvalue weighted by atomic mass is 19.1. The third-order valence-corrected chi connectivity index (χ3v) is 3.64. The van der Waals surface area contributed by atoms with Crippen LogP contribution in [-0.4, -0.2) is 18.4 Å². The lowest BCUT2D eigenvalue weighted by molar-refractivity contribution is -0.676. The van der Waals surface area contributed by atoms with Crippen molar-refractivity contribution >= 4 is 5.71 Å². The molecule has 2 aromatic carbocycles. The molecule has 5 heteroatoms. The van der Waals surface area contributed by atoms with Crippen LogP contribution < -0.4 is 5.32 Å². The highest BCUT2D eigenvalue weighted by Gasteiger charge is 2.23. The van der Waals surface area contributed by atoms with Crippen LogP contribution in [0.5, 0.6) is 0 Å². The second-order valence-corrected chi connectivity index (χ2v) is 5.30. The quantitative estimate of drug-likeness (QED) is 0.904. The van der Waals surface area contributed by atoms with Crippen LogP contribution in [0.1, 0.15) is 17.5 Å². The molecule has 0 saturated heterocycles. The fourth-order valence-corrected chi connectivity index (χ4v) is 2.48. The maximum absolute atomic E-state index is 13.5. The van der Waals surface area contributed by atoms with Gasteiger partial charge in [0.2, 0.25) is 0 Å². The summed E-state index contributed by atoms with van der Waals surface area (Å²) in [4.78, 5) is 5.37. The van der Waals surface area contributed by atoms with E-state index >= 15 is 0 Å². The fourth-order valence-electron chi connectivity index (χ4n) is 2.48. The lowest BCUT2D eigenvalue weighted by Gasteiger charge is -2.07. The predicted octanol–water partition coefficient (Wildman–Crippen LogP) is 2.22. The van der Waals surface area contributed by atoms with E-state index in [1.807, 2.05) is 17.4 Å². The number of benzene rings is 2. The highest BCUT2D eigenvalue weighted by molar-refractivity contribution is 6.01. The SMILES string of the molecule is Fc1cccc(C2=NO[C@@H](C[NH2+]Cc3ccccc3F)C2)c1. The Balaban J connectivity index is 1.50. The van der Waals surface area contributed by atoms with Crippen LogP contribution in [0, 0.1) is 11.6 Å². The van der Waals surface area contributed by atoms with Crippen molar-refractivity contribution in [1.29, 1.82) is 0 Å². The van der Waals surface area contributed by atoms with E-state index in [2.05, 4.69) is 5.16 Å². The van der Waals surface area contributed by atoms with Gasteiger partial charge in [0.05, 0.1) is 5.71 Å². The summed E-state index contributed by atoms with van der Waals surface area (Å²) in [6, 6.07) is 13.1. The number of hydrogen-bond donors (Lipinski definition) is 1. The third kappa shape index (κ3) is 3.49. The van der Waals surface area contributed by atoms with Gasteiger partial charge in [-0.3, -0.25) is 0 Å². The Bertz CT molecular complexity index is 688. The predicted molar refractivity (Wildman–Crippen MR) is 79.3 cm³/mol. The van der Waals surface area contributed by atoms with E-state index in [-0.39, 0.29) is 17.7 Å². The van der Waals surface area contributed by atoms with Crippen molar-refractivity contribution in [3.63, 3.8) is 0 Å². The summed E-state index contributed by atoms with van der Waals surface area (Å²) in [5.41, 5.74) is 2.17. The summed E-state index contributed by atoms with van der Waals surface area (Å²) >= 11 is 0. The topological polar surface area (TPSA) is 38.2 Å². The summed E-state index contributed by atoms with van der Waals surface area (Å²) in [5.74, 6) is -0.474. The summed E-state index contributed by atoms with van der Waals surface area (Å²) in [6.07, 6.45) is 0.571. The largest absolute Gasteiger partial charge is 0.386 e. The molecule has 2 N–H and O–H groups in total. The molecule has 22 heavy (non-hydrogen) atoms. The van der Waals surface area contributed by atoms with Crippen molar-refractivity contribution in [2.24, 2.45) is 5.16 Å². The molecule has 2 aromatic rings. The third-order valence-electron chi connectivity index (χ3n) is 3.64. The second-order valence-electron chi connectivity index (χ2n) is 5.30. The van der Waals surface area contributed by atoms with Crippen LogP contribution in [-0.2, 0) is 11.4 Å². The summed E-state index contributed by atoms with van der Waals surface area (Å²) in [6.45, 7) is 1.23. The van der Waals surface area contributed by atoms with Crippen molar-refractivity contribution in [2.75, 3.05) is 6.54 Å². The zero-order valence-electron chi connectivity index (χ0n) is 12.0. The van der Waals surface area contributed by atoms with Crippen LogP contribution in [0.3, 0.4) is 0 Å². The standard InChI is InChI=1S/C17H16F2N2O/c18-14-6-3-5-12(8-14)17-9-15(22-21-17)11-20-10-13-4-1-2-7-16(13)19/h1-8,15,20H,9-11H2/p+1/t15-/m1/s1. The molecule has 0 saturated carbocycles. The van der Waals surface area contributed by atoms with Gasteiger partial charge in [0, 0.05) is 17.5 Å². The van der Waals surface area contributed by atoms with Gasteiger partial charge in [-0.25, -0.2) is 8.78 Å². The molecule has 0 aliphatic carbocycles. The van der Waals surface area contributed by atoms with Gasteiger partial charge >= 0.3 is 0 Å². The van der Waals surface area contributed by atoms with Crippen molar-refractivity contribution in [3.05, 3.63) is 71.3 Å². The Morgan fingerprint density at radius 2 is 2.00 bits per heavy atom. The molecule has 3 rings (SSSR count). The maximum atomic E-state index is 13.5. The smallest absolute Gasteiger partial charge is 0.181 e. The molecule has 1 atom stereocenters. The lowest BCUT2D eigenvalue weighted by atomic mass is 10.0. The first-order valence-electron chi connectivity index (χ1n) is 7.26. The average molecular weight is 303 g/mol. The molecule has 0 unspecified atom stereocenters. The minimum atomic E-state index is -0.283. The first-order valence-corrected chi connectivity index (χ1v) is 7.26. The van der Waals surface area contributed by atoms with Gasteiger partial charge in [-0.05, 0) is 18.2 Å². The monoisotopic (exact) mass is 303 g/mol. The van der Waals surface area contributed by atoms with Gasteiger partial charge < -0.3 is 10.2 Å². The van der Waals surface area contributed by atoms with Crippen LogP contribution in [0.4, 0.5) is 8.78 Å². The first-order chi connectivity index (χ1) is 10.7. The Hall–Kier alpha value is -2.27. The number of nitrogens with two attached hydrogens (primary N) is 1. The first kappa shape index (κ1) is 14.7. The number of halogens is 2. The van der Waals surface area contributed by atoms with Crippen molar-refractivity contribution < 1.29 is 18.9 Å². The second kappa shape index (κ2) is 6.66. The molecule has 0 fully saturated rings. The lowest BCUT2D eigenvalue weighted by Crippen LogP contribution is -2.84. The molecule has 1 aliphatic heterocycles. The molecule has 0 aromatic heterocycles. The van der Waals surface area contributed by atoms with Crippen molar-refractivity contribution in [2.45, 2.75) is 19.1 Å². The summed E-state index contributed by atoms with van der Waals surface area (Å²) in [5, 5.41) is 6.02.